The lowest BCUT2D eigenvalue weighted by atomic mass is 9.44. The van der Waals surface area contributed by atoms with Crippen LogP contribution in [0, 0.1) is 46.3 Å². The Morgan fingerprint density at radius 1 is 1.06 bits per heavy atom. The zero-order valence-corrected chi connectivity index (χ0v) is 20.9. The highest BCUT2D eigenvalue weighted by molar-refractivity contribution is 5.87. The van der Waals surface area contributed by atoms with Crippen LogP contribution >= 0.6 is 0 Å². The van der Waals surface area contributed by atoms with E-state index in [0.717, 1.165) is 30.1 Å². The average Bonchev–Trinajstić information content (AvgIpc) is 3.38. The second-order valence-electron chi connectivity index (χ2n) is 12.2. The van der Waals surface area contributed by atoms with Gasteiger partial charge in [-0.1, -0.05) is 32.4 Å². The number of carbonyl (C=O) groups excluding carboxylic acids is 2. The number of hydrogen-bond acceptors (Lipinski definition) is 5. The second kappa shape index (κ2) is 8.49. The Bertz CT molecular complexity index is 912. The molecule has 0 bridgehead atoms. The third kappa shape index (κ3) is 3.76. The van der Waals surface area contributed by atoms with E-state index in [2.05, 4.69) is 31.1 Å². The summed E-state index contributed by atoms with van der Waals surface area (Å²) >= 11 is 0. The van der Waals surface area contributed by atoms with E-state index in [4.69, 9.17) is 4.74 Å². The molecule has 1 aromatic heterocycles. The summed E-state index contributed by atoms with van der Waals surface area (Å²) in [6, 6.07) is 0. The number of esters is 1. The molecule has 6 nitrogen and oxygen atoms in total. The number of nitrogens with zero attached hydrogens (tertiary/aromatic N) is 3. The van der Waals surface area contributed by atoms with E-state index in [-0.39, 0.29) is 29.4 Å². The number of hydrogen-bond donors (Lipinski definition) is 0. The quantitative estimate of drug-likeness (QED) is 0.562. The smallest absolute Gasteiger partial charge is 0.360 e. The van der Waals surface area contributed by atoms with Crippen molar-refractivity contribution >= 4 is 11.8 Å². The van der Waals surface area contributed by atoms with Crippen molar-refractivity contribution in [2.75, 3.05) is 6.61 Å². The summed E-state index contributed by atoms with van der Waals surface area (Å²) in [4.78, 5) is 25.4. The molecule has 182 valence electrons. The number of rotatable bonds is 5. The van der Waals surface area contributed by atoms with Gasteiger partial charge in [0.25, 0.3) is 0 Å². The van der Waals surface area contributed by atoms with Crippen molar-refractivity contribution in [1.82, 2.24) is 15.0 Å². The molecule has 8 atom stereocenters. The third-order valence-corrected chi connectivity index (χ3v) is 10.7. The average molecular weight is 456 g/mol. The first-order valence-corrected chi connectivity index (χ1v) is 13.4. The van der Waals surface area contributed by atoms with Crippen molar-refractivity contribution < 1.29 is 14.3 Å². The minimum absolute atomic E-state index is 0.0931. The number of carbonyl (C=O) groups is 2. The highest BCUT2D eigenvalue weighted by atomic mass is 16.5. The highest BCUT2D eigenvalue weighted by Crippen LogP contribution is 2.67. The van der Waals surface area contributed by atoms with Crippen molar-refractivity contribution in [1.29, 1.82) is 0 Å². The fourth-order valence-corrected chi connectivity index (χ4v) is 8.95. The molecule has 1 aromatic rings. The van der Waals surface area contributed by atoms with Crippen molar-refractivity contribution in [2.24, 2.45) is 46.3 Å². The van der Waals surface area contributed by atoms with Crippen LogP contribution in [0.1, 0.15) is 96.0 Å². The molecule has 6 heteroatoms. The molecule has 0 amide bonds. The van der Waals surface area contributed by atoms with Gasteiger partial charge >= 0.3 is 5.97 Å². The fraction of sp³-hybridized carbons (Fsp3) is 0.852. The molecule has 5 rings (SSSR count). The molecule has 1 unspecified atom stereocenters. The molecule has 0 saturated heterocycles. The first-order chi connectivity index (χ1) is 15.8. The largest absolute Gasteiger partial charge is 0.461 e. The van der Waals surface area contributed by atoms with E-state index in [1.54, 1.807) is 13.1 Å². The van der Waals surface area contributed by atoms with Gasteiger partial charge in [-0.15, -0.1) is 5.10 Å². The lowest BCUT2D eigenvalue weighted by molar-refractivity contribution is -0.137. The lowest BCUT2D eigenvalue weighted by Crippen LogP contribution is -2.53. The van der Waals surface area contributed by atoms with Crippen molar-refractivity contribution in [3.63, 3.8) is 0 Å². The van der Waals surface area contributed by atoms with Crippen LogP contribution in [0.25, 0.3) is 0 Å². The van der Waals surface area contributed by atoms with Gasteiger partial charge in [-0.05, 0) is 98.7 Å². The Morgan fingerprint density at radius 3 is 2.61 bits per heavy atom. The van der Waals surface area contributed by atoms with Gasteiger partial charge in [-0.25, -0.2) is 9.48 Å². The zero-order valence-electron chi connectivity index (χ0n) is 20.9. The van der Waals surface area contributed by atoms with E-state index in [9.17, 15) is 9.59 Å². The van der Waals surface area contributed by atoms with Gasteiger partial charge in [-0.3, -0.25) is 4.79 Å². The molecule has 4 fully saturated rings. The molecule has 0 aliphatic heterocycles. The molecular weight excluding hydrogens is 414 g/mol. The molecule has 0 N–H and O–H groups in total. The first kappa shape index (κ1) is 23.0. The lowest BCUT2D eigenvalue weighted by Gasteiger charge is -2.61. The fourth-order valence-electron chi connectivity index (χ4n) is 8.95. The Labute approximate surface area is 198 Å². The van der Waals surface area contributed by atoms with Crippen LogP contribution in [0.2, 0.25) is 0 Å². The molecule has 33 heavy (non-hydrogen) atoms. The van der Waals surface area contributed by atoms with Gasteiger partial charge in [-0.2, -0.15) is 0 Å². The van der Waals surface area contributed by atoms with Crippen LogP contribution < -0.4 is 0 Å². The maximum atomic E-state index is 13.5. The molecular formula is C27H41N3O3. The Hall–Kier alpha value is -1.72. The molecule has 4 aliphatic carbocycles. The summed E-state index contributed by atoms with van der Waals surface area (Å²) in [5, 5.41) is 7.93. The summed E-state index contributed by atoms with van der Waals surface area (Å²) < 4.78 is 6.52. The second-order valence-corrected chi connectivity index (χ2v) is 12.2. The Morgan fingerprint density at radius 2 is 1.82 bits per heavy atom. The van der Waals surface area contributed by atoms with Gasteiger partial charge in [0.2, 0.25) is 0 Å². The first-order valence-electron chi connectivity index (χ1n) is 13.4. The zero-order chi connectivity index (χ0) is 23.4. The summed E-state index contributed by atoms with van der Waals surface area (Å²) in [6.45, 7) is 9.73. The molecule has 0 aromatic carbocycles. The topological polar surface area (TPSA) is 74.1 Å². The number of ether oxygens (including phenoxy) is 1. The van der Waals surface area contributed by atoms with Gasteiger partial charge in [0.1, 0.15) is 6.54 Å². The number of aromatic nitrogens is 3. The van der Waals surface area contributed by atoms with Gasteiger partial charge in [0.15, 0.2) is 11.5 Å². The number of ketones is 1. The van der Waals surface area contributed by atoms with Crippen LogP contribution in [0.4, 0.5) is 0 Å². The van der Waals surface area contributed by atoms with Crippen LogP contribution in [-0.2, 0) is 16.1 Å². The van der Waals surface area contributed by atoms with Gasteiger partial charge < -0.3 is 4.74 Å². The number of Topliss-reactive ketones (excluding diaryl/α,β-unsaturated/α-hetero) is 1. The van der Waals surface area contributed by atoms with E-state index in [0.29, 0.717) is 17.9 Å². The van der Waals surface area contributed by atoms with Gasteiger partial charge in [0.05, 0.1) is 12.8 Å². The SMILES string of the molecule is CCOC(=O)c1cn(CC(=O)[C@H]2CC[C@H]3[C@@H]4CC[C@@H]5C[C@@H](C)CC[C@]5(C)C4CC[C@]23C)nn1. The van der Waals surface area contributed by atoms with Crippen LogP contribution in [0.3, 0.4) is 0 Å². The maximum Gasteiger partial charge on any atom is 0.360 e. The Balaban J connectivity index is 1.29. The third-order valence-electron chi connectivity index (χ3n) is 10.7. The van der Waals surface area contributed by atoms with E-state index >= 15 is 0 Å². The molecule has 0 spiro atoms. The molecule has 1 heterocycles. The summed E-state index contributed by atoms with van der Waals surface area (Å²) in [5.74, 6) is 3.98. The summed E-state index contributed by atoms with van der Waals surface area (Å²) in [7, 11) is 0. The predicted molar refractivity (Wildman–Crippen MR) is 125 cm³/mol. The standard InChI is InChI=1S/C27H41N3O3/c1-5-33-25(32)23-15-30(29-28-23)16-24(31)22-9-8-20-19-7-6-18-14-17(2)10-12-26(18,3)21(19)11-13-27(20,22)4/h15,17-22H,5-14,16H2,1-4H3/t17-,18+,19-,20-,21?,22+,26-,27-/m0/s1. The van der Waals surface area contributed by atoms with Crippen LogP contribution in [0.5, 0.6) is 0 Å². The summed E-state index contributed by atoms with van der Waals surface area (Å²) in [6.07, 6.45) is 13.2. The van der Waals surface area contributed by atoms with Crippen LogP contribution in [-0.4, -0.2) is 33.4 Å². The minimum atomic E-state index is -0.483. The van der Waals surface area contributed by atoms with Crippen molar-refractivity contribution in [2.45, 2.75) is 92.0 Å². The normalized spacial score (nSPS) is 42.2. The highest BCUT2D eigenvalue weighted by Gasteiger charge is 2.60. The van der Waals surface area contributed by atoms with Crippen LogP contribution in [0.15, 0.2) is 6.20 Å². The monoisotopic (exact) mass is 455 g/mol. The number of fused-ring (bicyclic) bond motifs is 5. The minimum Gasteiger partial charge on any atom is -0.461 e. The molecule has 0 radical (unpaired) electrons. The summed E-state index contributed by atoms with van der Waals surface area (Å²) in [5.41, 5.74) is 0.796. The molecule has 4 saturated carbocycles. The van der Waals surface area contributed by atoms with Crippen molar-refractivity contribution in [3.8, 4) is 0 Å². The predicted octanol–water partition coefficient (Wildman–Crippen LogP) is 5.32. The van der Waals surface area contributed by atoms with E-state index in [1.165, 1.54) is 56.0 Å². The van der Waals surface area contributed by atoms with Crippen molar-refractivity contribution in [3.05, 3.63) is 11.9 Å². The Kier molecular flexibility index (Phi) is 5.93. The van der Waals surface area contributed by atoms with E-state index in [1.807, 2.05) is 0 Å². The van der Waals surface area contributed by atoms with E-state index < -0.39 is 5.97 Å². The molecule has 4 aliphatic rings. The van der Waals surface area contributed by atoms with Gasteiger partial charge in [0, 0.05) is 5.92 Å². The maximum absolute atomic E-state index is 13.5.